The summed E-state index contributed by atoms with van der Waals surface area (Å²) in [5.41, 5.74) is 2.65. The average Bonchev–Trinajstić information content (AvgIpc) is 2.70. The molecule has 3 aromatic rings. The highest BCUT2D eigenvalue weighted by Crippen LogP contribution is 2.33. The third kappa shape index (κ3) is 4.39. The van der Waals surface area contributed by atoms with Crippen molar-refractivity contribution in [2.75, 3.05) is 6.61 Å². The van der Waals surface area contributed by atoms with Gasteiger partial charge in [0.1, 0.15) is 11.5 Å². The summed E-state index contributed by atoms with van der Waals surface area (Å²) < 4.78 is 46.6. The zero-order valence-corrected chi connectivity index (χ0v) is 15.1. The molecule has 1 aliphatic heterocycles. The SMILES string of the molecule is O=C1c2cc(-c3ccc(OC(F)(F)F)cc3)ccc2OCC1Cc1ccccn1. The number of halogens is 3. The van der Waals surface area contributed by atoms with E-state index in [1.54, 1.807) is 24.4 Å². The number of rotatable bonds is 4. The topological polar surface area (TPSA) is 48.4 Å². The Bertz CT molecular complexity index is 1020. The molecule has 7 heteroatoms. The van der Waals surface area contributed by atoms with Crippen LogP contribution < -0.4 is 9.47 Å². The molecule has 148 valence electrons. The van der Waals surface area contributed by atoms with Crippen LogP contribution in [0.2, 0.25) is 0 Å². The molecule has 0 radical (unpaired) electrons. The van der Waals surface area contributed by atoms with E-state index in [-0.39, 0.29) is 24.1 Å². The van der Waals surface area contributed by atoms with Crippen LogP contribution in [0, 0.1) is 5.92 Å². The Balaban J connectivity index is 1.56. The zero-order chi connectivity index (χ0) is 20.4. The van der Waals surface area contributed by atoms with Gasteiger partial charge in [-0.2, -0.15) is 0 Å². The second-order valence-electron chi connectivity index (χ2n) is 6.68. The standard InChI is InChI=1S/C22H16F3NO3/c23-22(24,25)29-18-7-4-14(5-8-18)15-6-9-20-19(12-15)21(27)16(13-28-20)11-17-3-1-2-10-26-17/h1-10,12,16H,11,13H2. The third-order valence-electron chi connectivity index (χ3n) is 4.66. The molecule has 0 fully saturated rings. The minimum absolute atomic E-state index is 0.0317. The van der Waals surface area contributed by atoms with Crippen LogP contribution in [0.15, 0.2) is 66.9 Å². The molecule has 0 bridgehead atoms. The summed E-state index contributed by atoms with van der Waals surface area (Å²) in [6, 6.07) is 16.2. The molecule has 1 unspecified atom stereocenters. The third-order valence-corrected chi connectivity index (χ3v) is 4.66. The largest absolute Gasteiger partial charge is 0.573 e. The van der Waals surface area contributed by atoms with Gasteiger partial charge in [-0.3, -0.25) is 9.78 Å². The van der Waals surface area contributed by atoms with E-state index in [1.807, 2.05) is 18.2 Å². The van der Waals surface area contributed by atoms with Crippen LogP contribution in [0.4, 0.5) is 13.2 Å². The molecule has 0 saturated carbocycles. The maximum Gasteiger partial charge on any atom is 0.573 e. The Kier molecular flexibility index (Phi) is 4.96. The number of pyridine rings is 1. The number of ketones is 1. The quantitative estimate of drug-likeness (QED) is 0.614. The van der Waals surface area contributed by atoms with Crippen LogP contribution in [0.5, 0.6) is 11.5 Å². The molecule has 0 saturated heterocycles. The first-order valence-electron chi connectivity index (χ1n) is 8.96. The summed E-state index contributed by atoms with van der Waals surface area (Å²) in [5, 5.41) is 0. The Labute approximate surface area is 164 Å². The molecular formula is C22H16F3NO3. The molecule has 4 nitrogen and oxygen atoms in total. The summed E-state index contributed by atoms with van der Waals surface area (Å²) in [6.07, 6.45) is -2.58. The lowest BCUT2D eigenvalue weighted by Crippen LogP contribution is -2.29. The van der Waals surface area contributed by atoms with E-state index in [0.29, 0.717) is 28.9 Å². The molecule has 4 rings (SSSR count). The Hall–Kier alpha value is -3.35. The number of fused-ring (bicyclic) bond motifs is 1. The molecule has 29 heavy (non-hydrogen) atoms. The van der Waals surface area contributed by atoms with Crippen LogP contribution in [-0.2, 0) is 6.42 Å². The van der Waals surface area contributed by atoms with E-state index in [2.05, 4.69) is 9.72 Å². The number of carbonyl (C=O) groups is 1. The lowest BCUT2D eigenvalue weighted by molar-refractivity contribution is -0.274. The first kappa shape index (κ1) is 19.0. The fourth-order valence-electron chi connectivity index (χ4n) is 3.29. The summed E-state index contributed by atoms with van der Waals surface area (Å²) in [5.74, 6) is -0.159. The lowest BCUT2D eigenvalue weighted by Gasteiger charge is -2.24. The summed E-state index contributed by atoms with van der Waals surface area (Å²) in [7, 11) is 0. The number of alkyl halides is 3. The molecule has 0 aliphatic carbocycles. The van der Waals surface area contributed by atoms with E-state index in [1.165, 1.54) is 24.3 Å². The summed E-state index contributed by atoms with van der Waals surface area (Å²) in [6.45, 7) is 0.283. The van der Waals surface area contributed by atoms with Crippen LogP contribution in [0.25, 0.3) is 11.1 Å². The lowest BCUT2D eigenvalue weighted by atomic mass is 9.89. The second kappa shape index (κ2) is 7.58. The predicted octanol–water partition coefficient (Wildman–Crippen LogP) is 5.08. The van der Waals surface area contributed by atoms with Crippen molar-refractivity contribution in [3.05, 3.63) is 78.1 Å². The number of benzene rings is 2. The Morgan fingerprint density at radius 2 is 1.79 bits per heavy atom. The van der Waals surface area contributed by atoms with Crippen molar-refractivity contribution in [2.45, 2.75) is 12.8 Å². The van der Waals surface area contributed by atoms with Gasteiger partial charge in [-0.1, -0.05) is 24.3 Å². The molecule has 1 atom stereocenters. The van der Waals surface area contributed by atoms with E-state index < -0.39 is 6.36 Å². The number of nitrogens with zero attached hydrogens (tertiary/aromatic N) is 1. The van der Waals surface area contributed by atoms with Gasteiger partial charge in [0, 0.05) is 18.3 Å². The van der Waals surface area contributed by atoms with E-state index in [4.69, 9.17) is 4.74 Å². The highest BCUT2D eigenvalue weighted by molar-refractivity contribution is 6.02. The molecule has 0 spiro atoms. The van der Waals surface area contributed by atoms with Crippen molar-refractivity contribution >= 4 is 5.78 Å². The van der Waals surface area contributed by atoms with Gasteiger partial charge in [0.05, 0.1) is 18.1 Å². The molecule has 2 aromatic carbocycles. The van der Waals surface area contributed by atoms with Crippen molar-refractivity contribution in [3.63, 3.8) is 0 Å². The van der Waals surface area contributed by atoms with Gasteiger partial charge in [0.25, 0.3) is 0 Å². The number of Topliss-reactive ketones (excluding diaryl/α,β-unsaturated/α-hetero) is 1. The second-order valence-corrected chi connectivity index (χ2v) is 6.68. The average molecular weight is 399 g/mol. The van der Waals surface area contributed by atoms with Crippen LogP contribution in [0.3, 0.4) is 0 Å². The number of hydrogen-bond donors (Lipinski definition) is 0. The van der Waals surface area contributed by atoms with Crippen LogP contribution in [-0.4, -0.2) is 23.7 Å². The number of hydrogen-bond acceptors (Lipinski definition) is 4. The maximum atomic E-state index is 13.0. The van der Waals surface area contributed by atoms with E-state index >= 15 is 0 Å². The first-order chi connectivity index (χ1) is 13.9. The summed E-state index contributed by atoms with van der Waals surface area (Å²) >= 11 is 0. The van der Waals surface area contributed by atoms with Crippen LogP contribution >= 0.6 is 0 Å². The van der Waals surface area contributed by atoms with Gasteiger partial charge in [0.2, 0.25) is 0 Å². The minimum atomic E-state index is -4.74. The predicted molar refractivity (Wildman–Crippen MR) is 99.8 cm³/mol. The normalized spacial score (nSPS) is 16.1. The molecule has 1 aromatic heterocycles. The zero-order valence-electron chi connectivity index (χ0n) is 15.1. The molecule has 2 heterocycles. The van der Waals surface area contributed by atoms with Crippen molar-refractivity contribution < 1.29 is 27.4 Å². The summed E-state index contributed by atoms with van der Waals surface area (Å²) in [4.78, 5) is 17.2. The fourth-order valence-corrected chi connectivity index (χ4v) is 3.29. The van der Waals surface area contributed by atoms with Gasteiger partial charge in [0.15, 0.2) is 5.78 Å². The number of ether oxygens (including phenoxy) is 2. The van der Waals surface area contributed by atoms with Crippen molar-refractivity contribution in [2.24, 2.45) is 5.92 Å². The minimum Gasteiger partial charge on any atom is -0.492 e. The van der Waals surface area contributed by atoms with Crippen molar-refractivity contribution in [1.29, 1.82) is 0 Å². The fraction of sp³-hybridized carbons (Fsp3) is 0.182. The first-order valence-corrected chi connectivity index (χ1v) is 8.96. The molecule has 1 aliphatic rings. The van der Waals surface area contributed by atoms with Crippen molar-refractivity contribution in [1.82, 2.24) is 4.98 Å². The van der Waals surface area contributed by atoms with Gasteiger partial charge < -0.3 is 9.47 Å². The highest BCUT2D eigenvalue weighted by Gasteiger charge is 2.31. The van der Waals surface area contributed by atoms with Crippen molar-refractivity contribution in [3.8, 4) is 22.6 Å². The number of carbonyl (C=O) groups excluding carboxylic acids is 1. The van der Waals surface area contributed by atoms with Gasteiger partial charge in [-0.25, -0.2) is 0 Å². The van der Waals surface area contributed by atoms with E-state index in [0.717, 1.165) is 5.69 Å². The Morgan fingerprint density at radius 3 is 2.48 bits per heavy atom. The van der Waals surface area contributed by atoms with Crippen LogP contribution in [0.1, 0.15) is 16.1 Å². The molecule has 0 N–H and O–H groups in total. The Morgan fingerprint density at radius 1 is 1.03 bits per heavy atom. The monoisotopic (exact) mass is 399 g/mol. The van der Waals surface area contributed by atoms with Gasteiger partial charge >= 0.3 is 6.36 Å². The maximum absolute atomic E-state index is 13.0. The van der Waals surface area contributed by atoms with E-state index in [9.17, 15) is 18.0 Å². The van der Waals surface area contributed by atoms with Gasteiger partial charge in [-0.05, 0) is 47.5 Å². The van der Waals surface area contributed by atoms with Gasteiger partial charge in [-0.15, -0.1) is 13.2 Å². The molecular weight excluding hydrogens is 383 g/mol. The highest BCUT2D eigenvalue weighted by atomic mass is 19.4. The number of aromatic nitrogens is 1. The molecule has 0 amide bonds. The smallest absolute Gasteiger partial charge is 0.492 e.